The zero-order valence-corrected chi connectivity index (χ0v) is 15.0. The highest BCUT2D eigenvalue weighted by Crippen LogP contribution is 2.23. The van der Waals surface area contributed by atoms with E-state index in [0.717, 1.165) is 17.0 Å². The van der Waals surface area contributed by atoms with Crippen molar-refractivity contribution in [2.45, 2.75) is 25.2 Å². The molecule has 3 aromatic rings. The van der Waals surface area contributed by atoms with Crippen molar-refractivity contribution in [2.24, 2.45) is 0 Å². The highest BCUT2D eigenvalue weighted by atomic mass is 32.2. The minimum atomic E-state index is -0.293. The summed E-state index contributed by atoms with van der Waals surface area (Å²) in [7, 11) is 0. The Morgan fingerprint density at radius 3 is 2.73 bits per heavy atom. The Hall–Kier alpha value is -2.74. The second-order valence-corrected chi connectivity index (χ2v) is 6.43. The molecule has 0 aliphatic carbocycles. The third-order valence-electron chi connectivity index (χ3n) is 3.69. The van der Waals surface area contributed by atoms with Crippen LogP contribution in [0.1, 0.15) is 12.5 Å². The summed E-state index contributed by atoms with van der Waals surface area (Å²) in [5.74, 6) is 0.550. The molecular formula is C18H18FN5OS. The molecule has 0 fully saturated rings. The van der Waals surface area contributed by atoms with Gasteiger partial charge in [0.1, 0.15) is 5.82 Å². The average Bonchev–Trinajstić information content (AvgIpc) is 3.09. The van der Waals surface area contributed by atoms with Crippen LogP contribution in [0.3, 0.4) is 0 Å². The van der Waals surface area contributed by atoms with E-state index in [1.54, 1.807) is 24.5 Å². The first-order valence-corrected chi connectivity index (χ1v) is 9.13. The predicted octanol–water partition coefficient (Wildman–Crippen LogP) is 2.91. The number of carbonyl (C=O) groups excluding carboxylic acids is 1. The Balaban J connectivity index is 1.58. The molecule has 0 radical (unpaired) electrons. The van der Waals surface area contributed by atoms with Crippen molar-refractivity contribution in [1.29, 1.82) is 0 Å². The Morgan fingerprint density at radius 1 is 1.23 bits per heavy atom. The van der Waals surface area contributed by atoms with Crippen molar-refractivity contribution in [2.75, 3.05) is 5.75 Å². The van der Waals surface area contributed by atoms with E-state index in [4.69, 9.17) is 0 Å². The molecule has 1 amide bonds. The molecule has 0 saturated heterocycles. The van der Waals surface area contributed by atoms with Crippen molar-refractivity contribution < 1.29 is 9.18 Å². The van der Waals surface area contributed by atoms with Crippen LogP contribution in [0.4, 0.5) is 4.39 Å². The predicted molar refractivity (Wildman–Crippen MR) is 97.9 cm³/mol. The Bertz CT molecular complexity index is 867. The number of rotatable bonds is 7. The van der Waals surface area contributed by atoms with Crippen LogP contribution in [0.15, 0.2) is 53.9 Å². The van der Waals surface area contributed by atoms with Crippen molar-refractivity contribution >= 4 is 17.7 Å². The van der Waals surface area contributed by atoms with Crippen LogP contribution in [0.25, 0.3) is 11.4 Å². The van der Waals surface area contributed by atoms with E-state index >= 15 is 0 Å². The molecule has 1 N–H and O–H groups in total. The number of nitrogens with one attached hydrogen (secondary N) is 1. The number of nitrogens with zero attached hydrogens (tertiary/aromatic N) is 4. The van der Waals surface area contributed by atoms with Crippen LogP contribution >= 0.6 is 11.8 Å². The summed E-state index contributed by atoms with van der Waals surface area (Å²) in [6, 6.07) is 9.82. The molecule has 6 nitrogen and oxygen atoms in total. The summed E-state index contributed by atoms with van der Waals surface area (Å²) in [5.41, 5.74) is 1.73. The Morgan fingerprint density at radius 2 is 2.04 bits per heavy atom. The summed E-state index contributed by atoms with van der Waals surface area (Å²) < 4.78 is 14.8. The maximum Gasteiger partial charge on any atom is 0.230 e. The zero-order chi connectivity index (χ0) is 18.4. The maximum atomic E-state index is 12.9. The summed E-state index contributed by atoms with van der Waals surface area (Å²) >= 11 is 1.33. The first kappa shape index (κ1) is 18.1. The van der Waals surface area contributed by atoms with Crippen molar-refractivity contribution in [1.82, 2.24) is 25.1 Å². The van der Waals surface area contributed by atoms with Gasteiger partial charge in [-0.1, -0.05) is 23.9 Å². The summed E-state index contributed by atoms with van der Waals surface area (Å²) in [4.78, 5) is 16.2. The third-order valence-corrected chi connectivity index (χ3v) is 4.65. The normalized spacial score (nSPS) is 10.7. The lowest BCUT2D eigenvalue weighted by atomic mass is 10.2. The third kappa shape index (κ3) is 4.45. The standard InChI is InChI=1S/C18H18FN5OS/c1-2-24-17(14-4-3-9-20-11-14)22-23-18(24)26-12-16(25)21-10-13-5-7-15(19)8-6-13/h3-9,11H,2,10,12H2,1H3,(H,21,25). The van der Waals surface area contributed by atoms with Gasteiger partial charge in [-0.15, -0.1) is 10.2 Å². The fourth-order valence-electron chi connectivity index (χ4n) is 2.37. The van der Waals surface area contributed by atoms with E-state index in [2.05, 4.69) is 20.5 Å². The van der Waals surface area contributed by atoms with Gasteiger partial charge < -0.3 is 9.88 Å². The first-order valence-electron chi connectivity index (χ1n) is 8.15. The van der Waals surface area contributed by atoms with Gasteiger partial charge in [0, 0.05) is 31.0 Å². The fourth-order valence-corrected chi connectivity index (χ4v) is 3.21. The van der Waals surface area contributed by atoms with Crippen molar-refractivity contribution in [3.8, 4) is 11.4 Å². The van der Waals surface area contributed by atoms with E-state index in [1.807, 2.05) is 23.6 Å². The molecule has 0 aliphatic rings. The minimum Gasteiger partial charge on any atom is -0.351 e. The maximum absolute atomic E-state index is 12.9. The van der Waals surface area contributed by atoms with Gasteiger partial charge in [-0.3, -0.25) is 9.78 Å². The largest absolute Gasteiger partial charge is 0.351 e. The van der Waals surface area contributed by atoms with Crippen LogP contribution in [-0.4, -0.2) is 31.4 Å². The van der Waals surface area contributed by atoms with Gasteiger partial charge in [0.2, 0.25) is 5.91 Å². The van der Waals surface area contributed by atoms with Crippen LogP contribution in [0, 0.1) is 5.82 Å². The van der Waals surface area contributed by atoms with Gasteiger partial charge in [0.25, 0.3) is 0 Å². The van der Waals surface area contributed by atoms with Crippen LogP contribution in [0.5, 0.6) is 0 Å². The van der Waals surface area contributed by atoms with Gasteiger partial charge in [-0.25, -0.2) is 4.39 Å². The molecule has 0 saturated carbocycles. The number of amides is 1. The van der Waals surface area contributed by atoms with Crippen molar-refractivity contribution in [3.05, 3.63) is 60.2 Å². The molecule has 8 heteroatoms. The molecule has 26 heavy (non-hydrogen) atoms. The first-order chi connectivity index (χ1) is 12.7. The van der Waals surface area contributed by atoms with Crippen LogP contribution in [0.2, 0.25) is 0 Å². The number of benzene rings is 1. The molecule has 0 bridgehead atoms. The highest BCUT2D eigenvalue weighted by Gasteiger charge is 2.14. The van der Waals surface area contributed by atoms with Gasteiger partial charge in [0.05, 0.1) is 5.75 Å². The molecule has 0 unspecified atom stereocenters. The monoisotopic (exact) mass is 371 g/mol. The lowest BCUT2D eigenvalue weighted by molar-refractivity contribution is -0.118. The minimum absolute atomic E-state index is 0.118. The van der Waals surface area contributed by atoms with Crippen LogP contribution < -0.4 is 5.32 Å². The molecule has 2 aromatic heterocycles. The molecule has 0 atom stereocenters. The van der Waals surface area contributed by atoms with E-state index in [1.165, 1.54) is 23.9 Å². The number of aromatic nitrogens is 4. The van der Waals surface area contributed by atoms with E-state index < -0.39 is 0 Å². The SMILES string of the molecule is CCn1c(SCC(=O)NCc2ccc(F)cc2)nnc1-c1cccnc1. The molecule has 0 aliphatic heterocycles. The zero-order valence-electron chi connectivity index (χ0n) is 14.2. The van der Waals surface area contributed by atoms with Gasteiger partial charge >= 0.3 is 0 Å². The summed E-state index contributed by atoms with van der Waals surface area (Å²) in [5, 5.41) is 11.9. The fraction of sp³-hybridized carbons (Fsp3) is 0.222. The summed E-state index contributed by atoms with van der Waals surface area (Å²) in [6.07, 6.45) is 3.44. The number of hydrogen-bond donors (Lipinski definition) is 1. The number of hydrogen-bond acceptors (Lipinski definition) is 5. The van der Waals surface area contributed by atoms with Crippen molar-refractivity contribution in [3.63, 3.8) is 0 Å². The molecular weight excluding hydrogens is 353 g/mol. The number of thioether (sulfide) groups is 1. The highest BCUT2D eigenvalue weighted by molar-refractivity contribution is 7.99. The average molecular weight is 371 g/mol. The molecule has 0 spiro atoms. The molecule has 2 heterocycles. The number of pyridine rings is 1. The smallest absolute Gasteiger partial charge is 0.230 e. The molecule has 134 valence electrons. The number of halogens is 1. The summed E-state index contributed by atoms with van der Waals surface area (Å²) in [6.45, 7) is 3.06. The van der Waals surface area contributed by atoms with Crippen LogP contribution in [-0.2, 0) is 17.9 Å². The lowest BCUT2D eigenvalue weighted by Crippen LogP contribution is -2.24. The number of carbonyl (C=O) groups is 1. The van der Waals surface area contributed by atoms with Gasteiger partial charge in [-0.2, -0.15) is 0 Å². The Labute approximate surface area is 154 Å². The van der Waals surface area contributed by atoms with E-state index in [-0.39, 0.29) is 17.5 Å². The van der Waals surface area contributed by atoms with E-state index in [9.17, 15) is 9.18 Å². The Kier molecular flexibility index (Phi) is 5.96. The van der Waals surface area contributed by atoms with Gasteiger partial charge in [-0.05, 0) is 36.8 Å². The second-order valence-electron chi connectivity index (χ2n) is 5.48. The van der Waals surface area contributed by atoms with Gasteiger partial charge in [0.15, 0.2) is 11.0 Å². The topological polar surface area (TPSA) is 72.7 Å². The molecule has 3 rings (SSSR count). The second kappa shape index (κ2) is 8.57. The lowest BCUT2D eigenvalue weighted by Gasteiger charge is -2.08. The molecule has 1 aromatic carbocycles. The van der Waals surface area contributed by atoms with E-state index in [0.29, 0.717) is 18.2 Å². The quantitative estimate of drug-likeness (QED) is 0.647.